The number of hydrogen-bond acceptors (Lipinski definition) is 7. The summed E-state index contributed by atoms with van der Waals surface area (Å²) in [6, 6.07) is 19.7. The summed E-state index contributed by atoms with van der Waals surface area (Å²) in [6.45, 7) is 1.83. The number of hydrogen-bond donors (Lipinski definition) is 2. The number of amides is 1. The molecular formula is C26H21N7O2. The van der Waals surface area contributed by atoms with Gasteiger partial charge in [0.1, 0.15) is 11.8 Å². The zero-order valence-corrected chi connectivity index (χ0v) is 19.1. The molecule has 2 N–H and O–H groups in total. The van der Waals surface area contributed by atoms with Crippen molar-refractivity contribution >= 4 is 17.5 Å². The number of anilines is 2. The number of nitrogens with one attached hydrogen (secondary N) is 2. The minimum Gasteiger partial charge on any atom is -0.497 e. The highest BCUT2D eigenvalue weighted by molar-refractivity contribution is 6.05. The van der Waals surface area contributed by atoms with Crippen LogP contribution >= 0.6 is 0 Å². The van der Waals surface area contributed by atoms with E-state index >= 15 is 0 Å². The third kappa shape index (κ3) is 4.20. The number of carbonyl (C=O) groups is 1. The Morgan fingerprint density at radius 1 is 1.17 bits per heavy atom. The molecular weight excluding hydrogens is 442 g/mol. The first-order valence-electron chi connectivity index (χ1n) is 10.9. The molecule has 0 fully saturated rings. The molecule has 35 heavy (non-hydrogen) atoms. The Labute approximate surface area is 201 Å². The zero-order valence-electron chi connectivity index (χ0n) is 19.1. The fraction of sp³-hybridized carbons (Fsp3) is 0.115. The minimum absolute atomic E-state index is 0.290. The monoisotopic (exact) mass is 463 g/mol. The Hall–Kier alpha value is -4.97. The summed E-state index contributed by atoms with van der Waals surface area (Å²) in [5, 5.41) is 20.2. The van der Waals surface area contributed by atoms with Crippen LogP contribution < -0.4 is 15.4 Å². The first kappa shape index (κ1) is 21.9. The number of nitrogens with zero attached hydrogens (tertiary/aromatic N) is 5. The van der Waals surface area contributed by atoms with Crippen LogP contribution in [-0.4, -0.2) is 32.8 Å². The molecule has 0 radical (unpaired) electrons. The average Bonchev–Trinajstić information content (AvgIpc) is 3.32. The molecule has 0 bridgehead atoms. The highest BCUT2D eigenvalue weighted by Gasteiger charge is 2.34. The van der Waals surface area contributed by atoms with E-state index < -0.39 is 6.04 Å². The molecule has 0 aliphatic carbocycles. The summed E-state index contributed by atoms with van der Waals surface area (Å²) in [6.07, 6.45) is 3.23. The topological polar surface area (TPSA) is 118 Å². The highest BCUT2D eigenvalue weighted by Crippen LogP contribution is 2.37. The third-order valence-corrected chi connectivity index (χ3v) is 5.70. The van der Waals surface area contributed by atoms with Crippen LogP contribution in [-0.2, 0) is 4.79 Å². The number of fused-ring (bicyclic) bond motifs is 1. The van der Waals surface area contributed by atoms with E-state index in [-0.39, 0.29) is 5.91 Å². The van der Waals surface area contributed by atoms with Crippen LogP contribution in [0.3, 0.4) is 0 Å². The summed E-state index contributed by atoms with van der Waals surface area (Å²) in [5.74, 6) is 1.40. The second-order valence-electron chi connectivity index (χ2n) is 7.93. The van der Waals surface area contributed by atoms with Crippen molar-refractivity contribution < 1.29 is 9.53 Å². The van der Waals surface area contributed by atoms with E-state index in [0.717, 1.165) is 11.1 Å². The van der Waals surface area contributed by atoms with Crippen LogP contribution in [0.1, 0.15) is 24.1 Å². The van der Waals surface area contributed by atoms with Gasteiger partial charge < -0.3 is 15.4 Å². The molecule has 1 unspecified atom stereocenters. The van der Waals surface area contributed by atoms with E-state index in [1.165, 1.54) is 0 Å². The number of rotatable bonds is 5. The van der Waals surface area contributed by atoms with E-state index in [4.69, 9.17) is 14.8 Å². The van der Waals surface area contributed by atoms with Crippen LogP contribution in [0, 0.1) is 11.3 Å². The molecule has 1 aliphatic heterocycles. The summed E-state index contributed by atoms with van der Waals surface area (Å²) in [5.41, 5.74) is 3.82. The van der Waals surface area contributed by atoms with Gasteiger partial charge in [-0.25, -0.2) is 4.68 Å². The number of benzene rings is 2. The van der Waals surface area contributed by atoms with E-state index in [1.807, 2.05) is 43.3 Å². The predicted octanol–water partition coefficient (Wildman–Crippen LogP) is 4.15. The number of allylic oxidation sites excluding steroid dienone is 1. The molecule has 3 heterocycles. The van der Waals surface area contributed by atoms with Crippen molar-refractivity contribution in [1.82, 2.24) is 19.7 Å². The molecule has 0 saturated carbocycles. The Morgan fingerprint density at radius 2 is 2.00 bits per heavy atom. The Morgan fingerprint density at radius 3 is 2.71 bits per heavy atom. The summed E-state index contributed by atoms with van der Waals surface area (Å²) in [7, 11) is 1.60. The highest BCUT2D eigenvalue weighted by atomic mass is 16.5. The van der Waals surface area contributed by atoms with Crippen molar-refractivity contribution in [2.45, 2.75) is 13.0 Å². The zero-order chi connectivity index (χ0) is 24.4. The van der Waals surface area contributed by atoms with Gasteiger partial charge in [-0.3, -0.25) is 9.78 Å². The molecule has 9 heteroatoms. The van der Waals surface area contributed by atoms with Gasteiger partial charge in [-0.15, -0.1) is 5.10 Å². The fourth-order valence-electron chi connectivity index (χ4n) is 4.01. The molecule has 1 atom stereocenters. The predicted molar refractivity (Wildman–Crippen MR) is 130 cm³/mol. The van der Waals surface area contributed by atoms with Crippen LogP contribution in [0.5, 0.6) is 5.75 Å². The largest absolute Gasteiger partial charge is 0.497 e. The molecule has 4 aromatic rings. The quantitative estimate of drug-likeness (QED) is 0.456. The Kier molecular flexibility index (Phi) is 5.69. The molecule has 2 aromatic heterocycles. The molecule has 2 aromatic carbocycles. The SMILES string of the molecule is COc1cccc(-c2nc3n(n2)C(c2ccc(C#N)cc2)C(C(=O)Nc2cccnc2)=C(C)N3)c1. The summed E-state index contributed by atoms with van der Waals surface area (Å²) >= 11 is 0. The van der Waals surface area contributed by atoms with Gasteiger partial charge in [-0.1, -0.05) is 24.3 Å². The van der Waals surface area contributed by atoms with Crippen molar-refractivity contribution in [2.75, 3.05) is 17.7 Å². The maximum absolute atomic E-state index is 13.5. The Bertz CT molecular complexity index is 1470. The van der Waals surface area contributed by atoms with Crippen molar-refractivity contribution in [3.05, 3.63) is 95.5 Å². The van der Waals surface area contributed by atoms with E-state index in [0.29, 0.717) is 40.0 Å². The van der Waals surface area contributed by atoms with Crippen LogP contribution in [0.25, 0.3) is 11.4 Å². The molecule has 1 amide bonds. The van der Waals surface area contributed by atoms with Crippen LogP contribution in [0.4, 0.5) is 11.6 Å². The molecule has 9 nitrogen and oxygen atoms in total. The maximum atomic E-state index is 13.5. The van der Waals surface area contributed by atoms with Crippen molar-refractivity contribution in [2.24, 2.45) is 0 Å². The van der Waals surface area contributed by atoms with Crippen molar-refractivity contribution in [1.29, 1.82) is 5.26 Å². The van der Waals surface area contributed by atoms with Gasteiger partial charge in [0.25, 0.3) is 5.91 Å². The van der Waals surface area contributed by atoms with E-state index in [2.05, 4.69) is 21.7 Å². The lowest BCUT2D eigenvalue weighted by atomic mass is 9.94. The van der Waals surface area contributed by atoms with Crippen LogP contribution in [0.2, 0.25) is 0 Å². The lowest BCUT2D eigenvalue weighted by molar-refractivity contribution is -0.113. The molecule has 1 aliphatic rings. The maximum Gasteiger partial charge on any atom is 0.255 e. The van der Waals surface area contributed by atoms with Gasteiger partial charge in [0.15, 0.2) is 5.82 Å². The van der Waals surface area contributed by atoms with Gasteiger partial charge in [0.2, 0.25) is 5.95 Å². The molecule has 0 spiro atoms. The number of aromatic nitrogens is 4. The number of pyridine rings is 1. The first-order chi connectivity index (χ1) is 17.1. The second-order valence-corrected chi connectivity index (χ2v) is 7.93. The van der Waals surface area contributed by atoms with E-state index in [9.17, 15) is 10.1 Å². The van der Waals surface area contributed by atoms with Gasteiger partial charge in [-0.2, -0.15) is 10.2 Å². The number of methoxy groups -OCH3 is 1. The second kappa shape index (κ2) is 9.11. The third-order valence-electron chi connectivity index (χ3n) is 5.70. The van der Waals surface area contributed by atoms with Crippen molar-refractivity contribution in [3.8, 4) is 23.2 Å². The summed E-state index contributed by atoms with van der Waals surface area (Å²) in [4.78, 5) is 22.2. The number of ether oxygens (including phenoxy) is 1. The van der Waals surface area contributed by atoms with Crippen molar-refractivity contribution in [3.63, 3.8) is 0 Å². The minimum atomic E-state index is -0.567. The van der Waals surface area contributed by atoms with Gasteiger partial charge in [0.05, 0.1) is 36.2 Å². The van der Waals surface area contributed by atoms with Crippen LogP contribution in [0.15, 0.2) is 84.3 Å². The number of carbonyl (C=O) groups excluding carboxylic acids is 1. The first-order valence-corrected chi connectivity index (χ1v) is 10.9. The van der Waals surface area contributed by atoms with Gasteiger partial charge >= 0.3 is 0 Å². The van der Waals surface area contributed by atoms with E-state index in [1.54, 1.807) is 48.5 Å². The normalized spacial score (nSPS) is 14.5. The summed E-state index contributed by atoms with van der Waals surface area (Å²) < 4.78 is 7.04. The standard InChI is InChI=1S/C26H21N7O2/c1-16-22(25(34)30-20-6-4-12-28-15-20)23(18-10-8-17(14-27)9-11-18)33-26(29-16)31-24(32-33)19-5-3-7-21(13-19)35-2/h3-13,15,23H,1-2H3,(H,30,34)(H,29,31,32). The fourth-order valence-corrected chi connectivity index (χ4v) is 4.01. The lowest BCUT2D eigenvalue weighted by Gasteiger charge is -2.28. The molecule has 172 valence electrons. The Balaban J connectivity index is 1.60. The number of nitriles is 1. The molecule has 5 rings (SSSR count). The smallest absolute Gasteiger partial charge is 0.255 e. The molecule has 0 saturated heterocycles. The lowest BCUT2D eigenvalue weighted by Crippen LogP contribution is -2.31. The van der Waals surface area contributed by atoms with Gasteiger partial charge in [0, 0.05) is 17.5 Å². The van der Waals surface area contributed by atoms with Gasteiger partial charge in [-0.05, 0) is 48.9 Å². The average molecular weight is 464 g/mol.